The maximum atomic E-state index is 13.1. The number of carbonyl (C=O) groups is 1. The average Bonchev–Trinajstić information content (AvgIpc) is 2.38. The third-order valence-electron chi connectivity index (χ3n) is 2.71. The summed E-state index contributed by atoms with van der Waals surface area (Å²) in [6.45, 7) is 0. The molecule has 116 valence electrons. The van der Waals surface area contributed by atoms with Crippen molar-refractivity contribution in [3.05, 3.63) is 35.0 Å². The molecule has 0 spiro atoms. The number of hydrogen-bond acceptors (Lipinski definition) is 6. The molecule has 0 radical (unpaired) electrons. The third kappa shape index (κ3) is 3.37. The van der Waals surface area contributed by atoms with Crippen LogP contribution in [0.15, 0.2) is 18.3 Å². The number of methoxy groups -OCH3 is 1. The topological polar surface area (TPSA) is 108 Å². The predicted octanol–water partition coefficient (Wildman–Crippen LogP) is 1.14. The van der Waals surface area contributed by atoms with E-state index < -0.39 is 17.7 Å². The number of benzene rings is 1. The normalized spacial score (nSPS) is 12.2. The summed E-state index contributed by atoms with van der Waals surface area (Å²) < 4.78 is 43.8. The Balaban J connectivity index is 3.68. The summed E-state index contributed by atoms with van der Waals surface area (Å²) in [4.78, 5) is 11.5. The van der Waals surface area contributed by atoms with Gasteiger partial charge in [-0.05, 0) is 12.1 Å². The Bertz CT molecular complexity index is 583. The lowest BCUT2D eigenvalue weighted by atomic mass is 9.99. The summed E-state index contributed by atoms with van der Waals surface area (Å²) in [5.74, 6) is 4.60. The van der Waals surface area contributed by atoms with Gasteiger partial charge in [-0.2, -0.15) is 13.2 Å². The van der Waals surface area contributed by atoms with E-state index in [2.05, 4.69) is 4.74 Å². The quantitative estimate of drug-likeness (QED) is 0.334. The summed E-state index contributed by atoms with van der Waals surface area (Å²) >= 11 is 0. The molecule has 0 aromatic heterocycles. The molecule has 0 aliphatic carbocycles. The third-order valence-corrected chi connectivity index (χ3v) is 2.71. The molecule has 0 atom stereocenters. The minimum Gasteiger partial charge on any atom is -0.465 e. The van der Waals surface area contributed by atoms with E-state index in [1.54, 1.807) is 0 Å². The van der Waals surface area contributed by atoms with Crippen LogP contribution in [0.25, 0.3) is 5.70 Å². The molecule has 1 aromatic rings. The lowest BCUT2D eigenvalue weighted by Crippen LogP contribution is -2.27. The zero-order chi connectivity index (χ0) is 16.4. The van der Waals surface area contributed by atoms with Gasteiger partial charge in [0.2, 0.25) is 0 Å². The molecule has 1 rings (SSSR count). The van der Waals surface area contributed by atoms with Crippen molar-refractivity contribution in [2.45, 2.75) is 6.18 Å². The van der Waals surface area contributed by atoms with E-state index in [4.69, 9.17) is 17.3 Å². The summed E-state index contributed by atoms with van der Waals surface area (Å²) in [5, 5.41) is 0.905. The number of esters is 1. The second-order valence-corrected chi connectivity index (χ2v) is 4.14. The number of nitrogen functional groups attached to an aromatic ring is 1. The highest BCUT2D eigenvalue weighted by molar-refractivity contribution is 5.96. The summed E-state index contributed by atoms with van der Waals surface area (Å²) in [7, 11) is 2.40. The highest BCUT2D eigenvalue weighted by atomic mass is 19.4. The fraction of sp³-hybridized carbons (Fsp3) is 0.250. The van der Waals surface area contributed by atoms with Crippen molar-refractivity contribution in [2.75, 3.05) is 19.9 Å². The van der Waals surface area contributed by atoms with E-state index in [0.29, 0.717) is 6.07 Å². The van der Waals surface area contributed by atoms with E-state index in [9.17, 15) is 18.0 Å². The minimum atomic E-state index is -4.69. The van der Waals surface area contributed by atoms with Gasteiger partial charge in [0.15, 0.2) is 0 Å². The Morgan fingerprint density at radius 1 is 1.33 bits per heavy atom. The van der Waals surface area contributed by atoms with Gasteiger partial charge < -0.3 is 21.2 Å². The Kier molecular flexibility index (Phi) is 4.69. The highest BCUT2D eigenvalue weighted by Crippen LogP contribution is 2.37. The van der Waals surface area contributed by atoms with Crippen molar-refractivity contribution in [3.8, 4) is 0 Å². The van der Waals surface area contributed by atoms with Gasteiger partial charge in [0.1, 0.15) is 0 Å². The van der Waals surface area contributed by atoms with Gasteiger partial charge in [-0.15, -0.1) is 0 Å². The van der Waals surface area contributed by atoms with Crippen LogP contribution >= 0.6 is 0 Å². The first-order valence-corrected chi connectivity index (χ1v) is 5.63. The maximum absolute atomic E-state index is 13.1. The molecule has 6 N–H and O–H groups in total. The molecule has 9 heteroatoms. The van der Waals surface area contributed by atoms with Gasteiger partial charge in [0, 0.05) is 24.5 Å². The van der Waals surface area contributed by atoms with Crippen LogP contribution in [-0.2, 0) is 10.9 Å². The Hall–Kier alpha value is -2.42. The summed E-state index contributed by atoms with van der Waals surface area (Å²) in [5.41, 5.74) is 8.70. The number of rotatable bonds is 3. The number of hydrazine groups is 1. The zero-order valence-electron chi connectivity index (χ0n) is 11.4. The van der Waals surface area contributed by atoms with Crippen molar-refractivity contribution >= 4 is 17.4 Å². The second-order valence-electron chi connectivity index (χ2n) is 4.14. The van der Waals surface area contributed by atoms with Crippen LogP contribution in [0.1, 0.15) is 21.5 Å². The highest BCUT2D eigenvalue weighted by Gasteiger charge is 2.36. The van der Waals surface area contributed by atoms with E-state index in [1.807, 2.05) is 0 Å². The lowest BCUT2D eigenvalue weighted by Gasteiger charge is -2.21. The van der Waals surface area contributed by atoms with Crippen LogP contribution < -0.4 is 17.3 Å². The number of nitrogens with two attached hydrogens (primary N) is 3. The number of ether oxygens (including phenoxy) is 1. The molecule has 1 aromatic carbocycles. The van der Waals surface area contributed by atoms with Gasteiger partial charge in [-0.3, -0.25) is 0 Å². The Labute approximate surface area is 118 Å². The monoisotopic (exact) mass is 304 g/mol. The minimum absolute atomic E-state index is 0.118. The van der Waals surface area contributed by atoms with E-state index >= 15 is 0 Å². The van der Waals surface area contributed by atoms with Crippen LogP contribution in [0.3, 0.4) is 0 Å². The predicted molar refractivity (Wildman–Crippen MR) is 71.3 cm³/mol. The van der Waals surface area contributed by atoms with Gasteiger partial charge in [-0.1, -0.05) is 0 Å². The molecule has 0 aliphatic rings. The number of hydrogen-bond donors (Lipinski definition) is 3. The molecule has 0 fully saturated rings. The summed E-state index contributed by atoms with van der Waals surface area (Å²) in [6.07, 6.45) is -3.79. The van der Waals surface area contributed by atoms with Gasteiger partial charge in [0.25, 0.3) is 0 Å². The van der Waals surface area contributed by atoms with Crippen molar-refractivity contribution in [2.24, 2.45) is 11.6 Å². The van der Waals surface area contributed by atoms with Crippen LogP contribution in [0.4, 0.5) is 18.9 Å². The van der Waals surface area contributed by atoms with Crippen molar-refractivity contribution in [3.63, 3.8) is 0 Å². The fourth-order valence-corrected chi connectivity index (χ4v) is 1.75. The van der Waals surface area contributed by atoms with Gasteiger partial charge >= 0.3 is 12.1 Å². The molecular weight excluding hydrogens is 289 g/mol. The molecule has 0 saturated carbocycles. The molecule has 0 aliphatic heterocycles. The Morgan fingerprint density at radius 3 is 2.29 bits per heavy atom. The van der Waals surface area contributed by atoms with Gasteiger partial charge in [0.05, 0.1) is 23.9 Å². The average molecular weight is 304 g/mol. The second kappa shape index (κ2) is 5.92. The van der Waals surface area contributed by atoms with Crippen LogP contribution in [-0.4, -0.2) is 25.1 Å². The SMILES string of the molecule is COC(=O)c1cc(/C(=C/N)N(C)N)c(C(F)(F)F)cc1N. The molecule has 0 bridgehead atoms. The van der Waals surface area contributed by atoms with Crippen LogP contribution in [0.5, 0.6) is 0 Å². The molecule has 0 unspecified atom stereocenters. The van der Waals surface area contributed by atoms with E-state index in [-0.39, 0.29) is 22.5 Å². The van der Waals surface area contributed by atoms with Crippen LogP contribution in [0, 0.1) is 0 Å². The first-order chi connectivity index (χ1) is 9.63. The van der Waals surface area contributed by atoms with Crippen molar-refractivity contribution < 1.29 is 22.7 Å². The van der Waals surface area contributed by atoms with Crippen LogP contribution in [0.2, 0.25) is 0 Å². The summed E-state index contributed by atoms with van der Waals surface area (Å²) in [6, 6.07) is 1.60. The zero-order valence-corrected chi connectivity index (χ0v) is 11.4. The molecular formula is C12H15F3N4O2. The molecule has 21 heavy (non-hydrogen) atoms. The first kappa shape index (κ1) is 16.6. The molecule has 0 heterocycles. The standard InChI is InChI=1S/C12H15F3N4O2/c1-19(18)10(5-16)6-3-7(11(20)21-2)9(17)4-8(6)12(13,14)15/h3-5H,16-18H2,1-2H3/b10-5-. The van der Waals surface area contributed by atoms with Gasteiger partial charge in [-0.25, -0.2) is 10.6 Å². The number of anilines is 1. The first-order valence-electron chi connectivity index (χ1n) is 5.63. The van der Waals surface area contributed by atoms with E-state index in [0.717, 1.165) is 24.4 Å². The smallest absolute Gasteiger partial charge is 0.417 e. The number of alkyl halides is 3. The molecule has 6 nitrogen and oxygen atoms in total. The van der Waals surface area contributed by atoms with Crippen molar-refractivity contribution in [1.29, 1.82) is 0 Å². The number of halogens is 3. The molecule has 0 saturated heterocycles. The lowest BCUT2D eigenvalue weighted by molar-refractivity contribution is -0.137. The van der Waals surface area contributed by atoms with E-state index in [1.165, 1.54) is 7.05 Å². The molecule has 0 amide bonds. The largest absolute Gasteiger partial charge is 0.465 e. The Morgan fingerprint density at radius 2 is 1.90 bits per heavy atom. The fourth-order valence-electron chi connectivity index (χ4n) is 1.75. The number of carbonyl (C=O) groups excluding carboxylic acids is 1. The number of nitrogens with zero attached hydrogens (tertiary/aromatic N) is 1. The maximum Gasteiger partial charge on any atom is 0.417 e. The van der Waals surface area contributed by atoms with Crippen molar-refractivity contribution in [1.82, 2.24) is 5.01 Å².